The second-order valence-corrected chi connectivity index (χ2v) is 6.51. The van der Waals surface area contributed by atoms with Gasteiger partial charge in [-0.3, -0.25) is 9.59 Å². The van der Waals surface area contributed by atoms with Crippen molar-refractivity contribution < 1.29 is 14.3 Å². The van der Waals surface area contributed by atoms with E-state index in [4.69, 9.17) is 4.74 Å². The lowest BCUT2D eigenvalue weighted by Gasteiger charge is -2.08. The summed E-state index contributed by atoms with van der Waals surface area (Å²) in [5, 5.41) is 6.76. The third kappa shape index (κ3) is 6.93. The minimum Gasteiger partial charge on any atom is -0.484 e. The predicted octanol–water partition coefficient (Wildman–Crippen LogP) is 3.51. The van der Waals surface area contributed by atoms with E-state index in [0.29, 0.717) is 11.5 Å². The van der Waals surface area contributed by atoms with Gasteiger partial charge in [-0.25, -0.2) is 5.43 Å². The summed E-state index contributed by atoms with van der Waals surface area (Å²) >= 11 is 0. The van der Waals surface area contributed by atoms with Gasteiger partial charge in [0.1, 0.15) is 5.75 Å². The van der Waals surface area contributed by atoms with Crippen LogP contribution in [0.2, 0.25) is 0 Å². The Bertz CT molecular complexity index is 842. The second-order valence-electron chi connectivity index (χ2n) is 6.51. The number of hydrazone groups is 1. The molecule has 2 rings (SSSR count). The van der Waals surface area contributed by atoms with Crippen molar-refractivity contribution >= 4 is 23.2 Å². The van der Waals surface area contributed by atoms with Crippen LogP contribution < -0.4 is 15.5 Å². The molecule has 0 fully saturated rings. The van der Waals surface area contributed by atoms with Crippen molar-refractivity contribution in [1.82, 2.24) is 5.43 Å². The summed E-state index contributed by atoms with van der Waals surface area (Å²) < 4.78 is 5.38. The quantitative estimate of drug-likeness (QED) is 0.580. The second kappa shape index (κ2) is 9.52. The van der Waals surface area contributed by atoms with Crippen LogP contribution in [-0.4, -0.2) is 24.1 Å². The SMILES string of the molecule is C/C(CC(=O)Nc1ccc(C)c(C)c1)=N/NC(=O)COc1ccc(C)cc1. The number of aryl methyl sites for hydroxylation is 3. The molecule has 0 spiro atoms. The summed E-state index contributed by atoms with van der Waals surface area (Å²) in [5.74, 6) is 0.0402. The summed E-state index contributed by atoms with van der Waals surface area (Å²) in [5.41, 5.74) is 7.03. The molecule has 0 radical (unpaired) electrons. The average Bonchev–Trinajstić information content (AvgIpc) is 2.62. The number of carbonyl (C=O) groups is 2. The van der Waals surface area contributed by atoms with Gasteiger partial charge in [0, 0.05) is 11.4 Å². The number of rotatable bonds is 7. The molecule has 0 bridgehead atoms. The third-order valence-electron chi connectivity index (χ3n) is 3.97. The van der Waals surface area contributed by atoms with E-state index in [1.165, 1.54) is 5.56 Å². The minimum absolute atomic E-state index is 0.0893. The largest absolute Gasteiger partial charge is 0.484 e. The molecular weight excluding hydrogens is 342 g/mol. The molecule has 0 saturated carbocycles. The van der Waals surface area contributed by atoms with Crippen molar-refractivity contribution in [2.45, 2.75) is 34.1 Å². The van der Waals surface area contributed by atoms with Crippen molar-refractivity contribution in [2.75, 3.05) is 11.9 Å². The molecule has 0 aliphatic heterocycles. The molecule has 0 unspecified atom stereocenters. The fourth-order valence-electron chi connectivity index (χ4n) is 2.27. The maximum Gasteiger partial charge on any atom is 0.277 e. The van der Waals surface area contributed by atoms with E-state index < -0.39 is 0 Å². The highest BCUT2D eigenvalue weighted by Gasteiger charge is 2.07. The first-order valence-corrected chi connectivity index (χ1v) is 8.72. The average molecular weight is 367 g/mol. The lowest BCUT2D eigenvalue weighted by Crippen LogP contribution is -2.26. The van der Waals surface area contributed by atoms with E-state index in [-0.39, 0.29) is 24.8 Å². The number of hydrogen-bond donors (Lipinski definition) is 2. The van der Waals surface area contributed by atoms with Gasteiger partial charge in [-0.15, -0.1) is 0 Å². The normalized spacial score (nSPS) is 11.0. The number of nitrogens with one attached hydrogen (secondary N) is 2. The van der Waals surface area contributed by atoms with E-state index in [9.17, 15) is 9.59 Å². The highest BCUT2D eigenvalue weighted by Crippen LogP contribution is 2.14. The molecule has 0 saturated heterocycles. The summed E-state index contributed by atoms with van der Waals surface area (Å²) in [6, 6.07) is 13.1. The first-order chi connectivity index (χ1) is 12.8. The number of nitrogens with zero attached hydrogens (tertiary/aromatic N) is 1. The molecule has 142 valence electrons. The Kier molecular flexibility index (Phi) is 7.11. The van der Waals surface area contributed by atoms with Crippen LogP contribution in [0.25, 0.3) is 0 Å². The van der Waals surface area contributed by atoms with Crippen molar-refractivity contribution in [3.05, 3.63) is 59.2 Å². The number of ether oxygens (including phenoxy) is 1. The molecule has 27 heavy (non-hydrogen) atoms. The fraction of sp³-hybridized carbons (Fsp3) is 0.286. The van der Waals surface area contributed by atoms with Crippen LogP contribution >= 0.6 is 0 Å². The monoisotopic (exact) mass is 367 g/mol. The van der Waals surface area contributed by atoms with Crippen molar-refractivity contribution in [1.29, 1.82) is 0 Å². The topological polar surface area (TPSA) is 79.8 Å². The van der Waals surface area contributed by atoms with Crippen LogP contribution in [0.5, 0.6) is 5.75 Å². The van der Waals surface area contributed by atoms with Crippen molar-refractivity contribution in [3.8, 4) is 5.75 Å². The predicted molar refractivity (Wildman–Crippen MR) is 107 cm³/mol. The first kappa shape index (κ1) is 20.2. The van der Waals surface area contributed by atoms with Gasteiger partial charge in [0.2, 0.25) is 5.91 Å². The van der Waals surface area contributed by atoms with E-state index in [0.717, 1.165) is 16.8 Å². The fourth-order valence-corrected chi connectivity index (χ4v) is 2.27. The minimum atomic E-state index is -0.385. The zero-order valence-electron chi connectivity index (χ0n) is 16.1. The maximum atomic E-state index is 12.1. The van der Waals surface area contributed by atoms with Gasteiger partial charge >= 0.3 is 0 Å². The smallest absolute Gasteiger partial charge is 0.277 e. The van der Waals surface area contributed by atoms with Gasteiger partial charge in [0.15, 0.2) is 6.61 Å². The Morgan fingerprint density at radius 2 is 1.67 bits per heavy atom. The lowest BCUT2D eigenvalue weighted by atomic mass is 10.1. The first-order valence-electron chi connectivity index (χ1n) is 8.72. The van der Waals surface area contributed by atoms with E-state index in [1.807, 2.05) is 51.1 Å². The van der Waals surface area contributed by atoms with E-state index in [1.54, 1.807) is 19.1 Å². The van der Waals surface area contributed by atoms with Crippen LogP contribution in [0.15, 0.2) is 47.6 Å². The van der Waals surface area contributed by atoms with E-state index >= 15 is 0 Å². The third-order valence-corrected chi connectivity index (χ3v) is 3.97. The van der Waals surface area contributed by atoms with Gasteiger partial charge in [0.25, 0.3) is 5.91 Å². The lowest BCUT2D eigenvalue weighted by molar-refractivity contribution is -0.123. The number of anilines is 1. The van der Waals surface area contributed by atoms with Gasteiger partial charge < -0.3 is 10.1 Å². The van der Waals surface area contributed by atoms with Crippen LogP contribution in [-0.2, 0) is 9.59 Å². The van der Waals surface area contributed by atoms with Crippen LogP contribution in [0.3, 0.4) is 0 Å². The van der Waals surface area contributed by atoms with Crippen molar-refractivity contribution in [2.24, 2.45) is 5.10 Å². The van der Waals surface area contributed by atoms with Gasteiger partial charge in [-0.05, 0) is 63.1 Å². The molecule has 6 heteroatoms. The van der Waals surface area contributed by atoms with Crippen LogP contribution in [0.1, 0.15) is 30.0 Å². The van der Waals surface area contributed by atoms with E-state index in [2.05, 4.69) is 15.8 Å². The zero-order valence-corrected chi connectivity index (χ0v) is 16.1. The Hall–Kier alpha value is -3.15. The Morgan fingerprint density at radius 3 is 2.33 bits per heavy atom. The molecule has 2 amide bonds. The molecule has 0 aliphatic carbocycles. The Balaban J connectivity index is 1.76. The van der Waals surface area contributed by atoms with Gasteiger partial charge in [-0.2, -0.15) is 5.10 Å². The maximum absolute atomic E-state index is 12.1. The molecule has 2 aromatic carbocycles. The molecule has 0 heterocycles. The highest BCUT2D eigenvalue weighted by molar-refractivity contribution is 6.05. The standard InChI is InChI=1S/C21H25N3O3/c1-14-5-9-19(10-6-14)27-13-21(26)24-23-17(4)12-20(25)22-18-8-7-15(2)16(3)11-18/h5-11H,12-13H2,1-4H3,(H,22,25)(H,24,26)/b23-17-. The molecule has 0 atom stereocenters. The van der Waals surface area contributed by atoms with Gasteiger partial charge in [0.05, 0.1) is 6.42 Å². The van der Waals surface area contributed by atoms with Crippen molar-refractivity contribution in [3.63, 3.8) is 0 Å². The molecule has 2 N–H and O–H groups in total. The number of benzene rings is 2. The van der Waals surface area contributed by atoms with Crippen LogP contribution in [0.4, 0.5) is 5.69 Å². The molecule has 0 aliphatic rings. The highest BCUT2D eigenvalue weighted by atomic mass is 16.5. The zero-order chi connectivity index (χ0) is 19.8. The number of carbonyl (C=O) groups excluding carboxylic acids is 2. The summed E-state index contributed by atoms with van der Waals surface area (Å²) in [6.45, 7) is 7.52. The summed E-state index contributed by atoms with van der Waals surface area (Å²) in [7, 11) is 0. The molecule has 6 nitrogen and oxygen atoms in total. The Morgan fingerprint density at radius 1 is 0.963 bits per heavy atom. The molecule has 2 aromatic rings. The summed E-state index contributed by atoms with van der Waals surface area (Å²) in [4.78, 5) is 23.9. The van der Waals surface area contributed by atoms with Crippen LogP contribution in [0, 0.1) is 20.8 Å². The molecule has 0 aromatic heterocycles. The summed E-state index contributed by atoms with van der Waals surface area (Å²) in [6.07, 6.45) is 0.0893. The number of hydrogen-bond acceptors (Lipinski definition) is 4. The molecular formula is C21H25N3O3. The van der Waals surface area contributed by atoms with Gasteiger partial charge in [-0.1, -0.05) is 23.8 Å². The number of amides is 2. The Labute approximate surface area is 159 Å².